The summed E-state index contributed by atoms with van der Waals surface area (Å²) in [4.78, 5) is 33.0. The van der Waals surface area contributed by atoms with E-state index < -0.39 is 11.7 Å². The van der Waals surface area contributed by atoms with Gasteiger partial charge in [-0.15, -0.1) is 6.58 Å². The molecule has 0 bridgehead atoms. The van der Waals surface area contributed by atoms with Gasteiger partial charge in [0.15, 0.2) is 5.16 Å². The van der Waals surface area contributed by atoms with E-state index in [4.69, 9.17) is 0 Å². The molecule has 0 radical (unpaired) electrons. The molecule has 0 atom stereocenters. The minimum Gasteiger partial charge on any atom is -0.349 e. The number of hydrogen-bond donors (Lipinski definition) is 2. The highest BCUT2D eigenvalue weighted by molar-refractivity contribution is 7.99. The van der Waals surface area contributed by atoms with Gasteiger partial charge < -0.3 is 10.3 Å². The Morgan fingerprint density at radius 2 is 2.00 bits per heavy atom. The average Bonchev–Trinajstić information content (AvgIpc) is 3.09. The van der Waals surface area contributed by atoms with E-state index in [1.807, 2.05) is 24.3 Å². The largest absolute Gasteiger partial charge is 0.349 e. The second-order valence-electron chi connectivity index (χ2n) is 6.31. The maximum atomic E-state index is 13.7. The summed E-state index contributed by atoms with van der Waals surface area (Å²) in [5.41, 5.74) is 1.66. The third kappa shape index (κ3) is 3.66. The molecule has 0 spiro atoms. The zero-order valence-corrected chi connectivity index (χ0v) is 16.1. The number of aromatic nitrogens is 3. The highest BCUT2D eigenvalue weighted by atomic mass is 32.2. The number of carbonyl (C=O) groups excluding carboxylic acids is 1. The molecule has 146 valence electrons. The Bertz CT molecular complexity index is 1300. The lowest BCUT2D eigenvalue weighted by atomic mass is 10.2. The SMILES string of the molecule is C=CCn1c(SCC(=O)Nc2ccccc2F)nc2c([nH]c3ccccc32)c1=O. The Morgan fingerprint density at radius 1 is 1.24 bits per heavy atom. The number of anilines is 1. The first kappa shape index (κ1) is 18.9. The topological polar surface area (TPSA) is 79.8 Å². The number of amides is 1. The minimum atomic E-state index is -0.507. The normalized spacial score (nSPS) is 11.1. The van der Waals surface area contributed by atoms with E-state index in [2.05, 4.69) is 21.9 Å². The first-order valence-corrected chi connectivity index (χ1v) is 9.86. The van der Waals surface area contributed by atoms with E-state index in [1.54, 1.807) is 18.2 Å². The first-order chi connectivity index (χ1) is 14.1. The highest BCUT2D eigenvalue weighted by Gasteiger charge is 2.16. The van der Waals surface area contributed by atoms with Crippen molar-refractivity contribution in [3.8, 4) is 0 Å². The number of benzene rings is 2. The van der Waals surface area contributed by atoms with Gasteiger partial charge in [-0.25, -0.2) is 9.37 Å². The van der Waals surface area contributed by atoms with Crippen LogP contribution in [0.25, 0.3) is 21.9 Å². The van der Waals surface area contributed by atoms with E-state index in [0.29, 0.717) is 16.2 Å². The van der Waals surface area contributed by atoms with Gasteiger partial charge in [0.2, 0.25) is 5.91 Å². The van der Waals surface area contributed by atoms with E-state index >= 15 is 0 Å². The van der Waals surface area contributed by atoms with Crippen LogP contribution < -0.4 is 10.9 Å². The molecule has 2 heterocycles. The molecule has 0 aliphatic rings. The second kappa shape index (κ2) is 7.92. The number of fused-ring (bicyclic) bond motifs is 3. The maximum Gasteiger partial charge on any atom is 0.278 e. The molecule has 0 unspecified atom stereocenters. The quantitative estimate of drug-likeness (QED) is 0.288. The Morgan fingerprint density at radius 3 is 2.79 bits per heavy atom. The van der Waals surface area contributed by atoms with Crippen LogP contribution in [0, 0.1) is 5.82 Å². The fourth-order valence-corrected chi connectivity index (χ4v) is 3.86. The molecule has 29 heavy (non-hydrogen) atoms. The monoisotopic (exact) mass is 408 g/mol. The lowest BCUT2D eigenvalue weighted by Gasteiger charge is -2.10. The van der Waals surface area contributed by atoms with Crippen molar-refractivity contribution in [1.82, 2.24) is 14.5 Å². The summed E-state index contributed by atoms with van der Waals surface area (Å²) in [7, 11) is 0. The predicted octanol–water partition coefficient (Wildman–Crippen LogP) is 3.93. The number of aromatic amines is 1. The molecule has 2 N–H and O–H groups in total. The Labute approximate surface area is 169 Å². The van der Waals surface area contributed by atoms with Crippen LogP contribution in [-0.4, -0.2) is 26.2 Å². The highest BCUT2D eigenvalue weighted by Crippen LogP contribution is 2.25. The fourth-order valence-electron chi connectivity index (χ4n) is 3.06. The summed E-state index contributed by atoms with van der Waals surface area (Å²) in [6.07, 6.45) is 1.60. The molecule has 2 aromatic heterocycles. The van der Waals surface area contributed by atoms with E-state index in [-0.39, 0.29) is 23.5 Å². The number of rotatable bonds is 6. The maximum absolute atomic E-state index is 13.7. The minimum absolute atomic E-state index is 0.0220. The Balaban J connectivity index is 1.66. The van der Waals surface area contributed by atoms with Crippen LogP contribution in [0.15, 0.2) is 71.1 Å². The fraction of sp³-hybridized carbons (Fsp3) is 0.0952. The lowest BCUT2D eigenvalue weighted by molar-refractivity contribution is -0.113. The van der Waals surface area contributed by atoms with Crippen LogP contribution in [-0.2, 0) is 11.3 Å². The average molecular weight is 408 g/mol. The number of carbonyl (C=O) groups is 1. The number of allylic oxidation sites excluding steroid dienone is 1. The summed E-state index contributed by atoms with van der Waals surface area (Å²) >= 11 is 1.12. The smallest absolute Gasteiger partial charge is 0.278 e. The Kier molecular flexibility index (Phi) is 5.18. The summed E-state index contributed by atoms with van der Waals surface area (Å²) in [6.45, 7) is 3.95. The summed E-state index contributed by atoms with van der Waals surface area (Å²) in [5, 5.41) is 3.77. The number of para-hydroxylation sites is 2. The molecule has 8 heteroatoms. The van der Waals surface area contributed by atoms with Crippen molar-refractivity contribution in [2.75, 3.05) is 11.1 Å². The molecule has 0 saturated carbocycles. The van der Waals surface area contributed by atoms with Gasteiger partial charge in [0.1, 0.15) is 16.9 Å². The zero-order valence-electron chi connectivity index (χ0n) is 15.3. The number of nitrogens with zero attached hydrogens (tertiary/aromatic N) is 2. The molecular weight excluding hydrogens is 391 g/mol. The van der Waals surface area contributed by atoms with Crippen LogP contribution in [0.1, 0.15) is 0 Å². The summed E-state index contributed by atoms with van der Waals surface area (Å²) in [5.74, 6) is -0.919. The van der Waals surface area contributed by atoms with Gasteiger partial charge in [0, 0.05) is 17.4 Å². The first-order valence-electron chi connectivity index (χ1n) is 8.88. The van der Waals surface area contributed by atoms with E-state index in [1.165, 1.54) is 16.7 Å². The van der Waals surface area contributed by atoms with Crippen LogP contribution in [0.4, 0.5) is 10.1 Å². The van der Waals surface area contributed by atoms with Crippen LogP contribution >= 0.6 is 11.8 Å². The number of nitrogens with one attached hydrogen (secondary N) is 2. The van der Waals surface area contributed by atoms with Crippen molar-refractivity contribution >= 4 is 45.3 Å². The second-order valence-corrected chi connectivity index (χ2v) is 7.25. The van der Waals surface area contributed by atoms with Crippen LogP contribution in [0.5, 0.6) is 0 Å². The van der Waals surface area contributed by atoms with Gasteiger partial charge in [-0.3, -0.25) is 14.2 Å². The van der Waals surface area contributed by atoms with Crippen molar-refractivity contribution in [3.63, 3.8) is 0 Å². The van der Waals surface area contributed by atoms with Gasteiger partial charge in [0.05, 0.1) is 11.4 Å². The van der Waals surface area contributed by atoms with Crippen molar-refractivity contribution in [1.29, 1.82) is 0 Å². The lowest BCUT2D eigenvalue weighted by Crippen LogP contribution is -2.24. The standard InChI is InChI=1S/C21H17FN4O2S/c1-2-11-26-20(28)19-18(13-7-3-5-9-15(13)24-19)25-21(26)29-12-17(27)23-16-10-6-4-8-14(16)22/h2-10,24H,1,11-12H2,(H,23,27). The van der Waals surface area contributed by atoms with Crippen molar-refractivity contribution in [3.05, 3.63) is 77.4 Å². The molecule has 4 rings (SSSR count). The molecule has 2 aromatic carbocycles. The van der Waals surface area contributed by atoms with Crippen LogP contribution in [0.2, 0.25) is 0 Å². The number of halogens is 1. The van der Waals surface area contributed by atoms with E-state index in [9.17, 15) is 14.0 Å². The zero-order chi connectivity index (χ0) is 20.4. The third-order valence-electron chi connectivity index (χ3n) is 4.37. The Hall–Kier alpha value is -3.39. The van der Waals surface area contributed by atoms with Gasteiger partial charge in [-0.1, -0.05) is 48.2 Å². The number of hydrogen-bond acceptors (Lipinski definition) is 4. The van der Waals surface area contributed by atoms with Crippen LogP contribution in [0.3, 0.4) is 0 Å². The van der Waals surface area contributed by atoms with Gasteiger partial charge >= 0.3 is 0 Å². The number of H-pyrrole nitrogens is 1. The third-order valence-corrected chi connectivity index (χ3v) is 5.34. The van der Waals surface area contributed by atoms with Gasteiger partial charge in [-0.2, -0.15) is 0 Å². The molecule has 4 aromatic rings. The van der Waals surface area contributed by atoms with Gasteiger partial charge in [-0.05, 0) is 18.2 Å². The molecule has 1 amide bonds. The molecule has 6 nitrogen and oxygen atoms in total. The van der Waals surface area contributed by atoms with Crippen molar-refractivity contribution in [2.45, 2.75) is 11.7 Å². The van der Waals surface area contributed by atoms with E-state index in [0.717, 1.165) is 22.7 Å². The molecule has 0 fully saturated rings. The van der Waals surface area contributed by atoms with Crippen molar-refractivity contribution in [2.24, 2.45) is 0 Å². The predicted molar refractivity (Wildman–Crippen MR) is 114 cm³/mol. The molecule has 0 saturated heterocycles. The molecule has 0 aliphatic heterocycles. The van der Waals surface area contributed by atoms with Crippen molar-refractivity contribution < 1.29 is 9.18 Å². The summed E-state index contributed by atoms with van der Waals surface area (Å²) < 4.78 is 15.2. The molecule has 0 aliphatic carbocycles. The number of thioether (sulfide) groups is 1. The molecular formula is C21H17FN4O2S. The van der Waals surface area contributed by atoms with Gasteiger partial charge in [0.25, 0.3) is 5.56 Å². The summed E-state index contributed by atoms with van der Waals surface area (Å²) in [6, 6.07) is 13.5.